The van der Waals surface area contributed by atoms with Gasteiger partial charge in [-0.25, -0.2) is 0 Å². The zero-order valence-electron chi connectivity index (χ0n) is 18.3. The highest BCUT2D eigenvalue weighted by Gasteiger charge is 2.52. The van der Waals surface area contributed by atoms with E-state index < -0.39 is 6.10 Å². The minimum absolute atomic E-state index is 0.0502. The Balaban J connectivity index is 1.57. The molecule has 1 aliphatic carbocycles. The fourth-order valence-electron chi connectivity index (χ4n) is 5.33. The molecule has 3 atom stereocenters. The quantitative estimate of drug-likeness (QED) is 0.734. The van der Waals surface area contributed by atoms with Crippen LogP contribution in [0.5, 0.6) is 11.5 Å². The summed E-state index contributed by atoms with van der Waals surface area (Å²) in [7, 11) is 1.70. The predicted octanol–water partition coefficient (Wildman–Crippen LogP) is 4.72. The summed E-state index contributed by atoms with van der Waals surface area (Å²) in [5, 5.41) is 10.2. The van der Waals surface area contributed by atoms with Crippen LogP contribution >= 0.6 is 0 Å². The van der Waals surface area contributed by atoms with E-state index in [1.165, 1.54) is 22.4 Å². The summed E-state index contributed by atoms with van der Waals surface area (Å²) in [5.41, 5.74) is 5.09. The number of nitrogens with zero attached hydrogens (tertiary/aromatic N) is 1. The molecule has 2 aromatic rings. The number of methoxy groups -OCH3 is 1. The Labute approximate surface area is 179 Å². The smallest absolute Gasteiger partial charge is 0.166 e. The second kappa shape index (κ2) is 6.78. The van der Waals surface area contributed by atoms with Crippen LogP contribution in [-0.4, -0.2) is 31.0 Å². The number of ether oxygens (including phenoxy) is 2. The fraction of sp³-hybridized carbons (Fsp3) is 0.462. The van der Waals surface area contributed by atoms with Gasteiger partial charge in [0.15, 0.2) is 11.5 Å². The summed E-state index contributed by atoms with van der Waals surface area (Å²) >= 11 is 0. The number of aliphatic hydroxyl groups excluding tert-OH is 1. The zero-order chi connectivity index (χ0) is 21.1. The molecule has 5 rings (SSSR count). The van der Waals surface area contributed by atoms with Gasteiger partial charge in [-0.2, -0.15) is 0 Å². The van der Waals surface area contributed by atoms with Crippen molar-refractivity contribution in [2.75, 3.05) is 18.6 Å². The molecule has 0 saturated heterocycles. The van der Waals surface area contributed by atoms with Gasteiger partial charge in [-0.05, 0) is 41.2 Å². The molecule has 4 nitrogen and oxygen atoms in total. The molecule has 4 heteroatoms. The second-order valence-corrected chi connectivity index (χ2v) is 9.91. The lowest BCUT2D eigenvalue weighted by atomic mass is 9.69. The van der Waals surface area contributed by atoms with Crippen LogP contribution in [-0.2, 0) is 17.4 Å². The van der Waals surface area contributed by atoms with Crippen molar-refractivity contribution in [2.45, 2.75) is 63.2 Å². The monoisotopic (exact) mass is 405 g/mol. The minimum atomic E-state index is -0.450. The van der Waals surface area contributed by atoms with E-state index in [0.29, 0.717) is 6.42 Å². The zero-order valence-corrected chi connectivity index (χ0v) is 18.3. The molecule has 0 radical (unpaired) electrons. The van der Waals surface area contributed by atoms with Gasteiger partial charge in [-0.1, -0.05) is 51.1 Å². The average molecular weight is 406 g/mol. The highest BCUT2D eigenvalue weighted by Crippen LogP contribution is 2.56. The molecule has 0 saturated carbocycles. The average Bonchev–Trinajstić information content (AvgIpc) is 2.95. The SMILES string of the molecule is COc1ccc2c3c1O[C@H]1C[C@@H](O)C=C[C@@]31CCN(c1ccc(C(C)(C)C)cc1)C2. The number of benzene rings is 2. The second-order valence-electron chi connectivity index (χ2n) is 9.91. The molecule has 2 heterocycles. The Kier molecular flexibility index (Phi) is 4.41. The van der Waals surface area contributed by atoms with Gasteiger partial charge in [-0.15, -0.1) is 0 Å². The van der Waals surface area contributed by atoms with Crippen molar-refractivity contribution in [1.82, 2.24) is 0 Å². The normalized spacial score (nSPS) is 27.2. The highest BCUT2D eigenvalue weighted by molar-refractivity contribution is 5.63. The molecule has 0 fully saturated rings. The highest BCUT2D eigenvalue weighted by atomic mass is 16.5. The molecule has 0 bridgehead atoms. The van der Waals surface area contributed by atoms with E-state index >= 15 is 0 Å². The van der Waals surface area contributed by atoms with Gasteiger partial charge in [0.1, 0.15) is 6.10 Å². The molecule has 30 heavy (non-hydrogen) atoms. The van der Waals surface area contributed by atoms with Crippen molar-refractivity contribution in [3.63, 3.8) is 0 Å². The Bertz CT molecular complexity index is 989. The van der Waals surface area contributed by atoms with E-state index in [1.807, 2.05) is 12.1 Å². The number of hydrogen-bond acceptors (Lipinski definition) is 4. The molecule has 3 aliphatic rings. The van der Waals surface area contributed by atoms with E-state index in [4.69, 9.17) is 9.47 Å². The van der Waals surface area contributed by atoms with Gasteiger partial charge >= 0.3 is 0 Å². The van der Waals surface area contributed by atoms with Gasteiger partial charge in [0.05, 0.1) is 18.6 Å². The van der Waals surface area contributed by atoms with Crippen LogP contribution in [0.1, 0.15) is 50.3 Å². The van der Waals surface area contributed by atoms with Crippen molar-refractivity contribution in [3.05, 3.63) is 65.2 Å². The third kappa shape index (κ3) is 2.92. The molecule has 2 aliphatic heterocycles. The van der Waals surface area contributed by atoms with Crippen LogP contribution in [0.15, 0.2) is 48.6 Å². The van der Waals surface area contributed by atoms with Gasteiger partial charge in [0.25, 0.3) is 0 Å². The molecule has 0 amide bonds. The topological polar surface area (TPSA) is 41.9 Å². The van der Waals surface area contributed by atoms with Crippen molar-refractivity contribution in [1.29, 1.82) is 0 Å². The number of anilines is 1. The first kappa shape index (κ1) is 19.5. The first-order valence-electron chi connectivity index (χ1n) is 10.9. The lowest BCUT2D eigenvalue weighted by Crippen LogP contribution is -2.43. The molecular weight excluding hydrogens is 374 g/mol. The standard InChI is InChI=1S/C26H31NO3/c1-25(2,3)18-6-8-19(9-7-18)27-14-13-26-12-11-20(28)15-22(26)30-24-21(29-4)10-5-17(16-27)23(24)26/h5-12,20,22,28H,13-16H2,1-4H3/t20-,22-,26-/m0/s1. The summed E-state index contributed by atoms with van der Waals surface area (Å²) in [6.45, 7) is 8.53. The van der Waals surface area contributed by atoms with E-state index in [-0.39, 0.29) is 16.9 Å². The molecule has 2 aromatic carbocycles. The Morgan fingerprint density at radius 2 is 1.90 bits per heavy atom. The van der Waals surface area contributed by atoms with Gasteiger partial charge in [0.2, 0.25) is 0 Å². The summed E-state index contributed by atoms with van der Waals surface area (Å²) in [5.74, 6) is 1.65. The predicted molar refractivity (Wildman–Crippen MR) is 120 cm³/mol. The lowest BCUT2D eigenvalue weighted by molar-refractivity contribution is 0.0856. The maximum Gasteiger partial charge on any atom is 0.166 e. The van der Waals surface area contributed by atoms with Crippen LogP contribution in [0.3, 0.4) is 0 Å². The molecule has 1 spiro atoms. The molecule has 0 unspecified atom stereocenters. The summed E-state index contributed by atoms with van der Waals surface area (Å²) in [4.78, 5) is 2.47. The Morgan fingerprint density at radius 1 is 1.13 bits per heavy atom. The first-order chi connectivity index (χ1) is 14.3. The van der Waals surface area contributed by atoms with Crippen LogP contribution < -0.4 is 14.4 Å². The van der Waals surface area contributed by atoms with Crippen LogP contribution in [0.4, 0.5) is 5.69 Å². The number of aliphatic hydroxyl groups is 1. The first-order valence-corrected chi connectivity index (χ1v) is 10.9. The maximum absolute atomic E-state index is 10.2. The van der Waals surface area contributed by atoms with Crippen LogP contribution in [0.2, 0.25) is 0 Å². The van der Waals surface area contributed by atoms with E-state index in [2.05, 4.69) is 62.1 Å². The van der Waals surface area contributed by atoms with Gasteiger partial charge < -0.3 is 19.5 Å². The van der Waals surface area contributed by atoms with Crippen LogP contribution in [0, 0.1) is 0 Å². The van der Waals surface area contributed by atoms with E-state index in [0.717, 1.165) is 31.0 Å². The molecular formula is C26H31NO3. The fourth-order valence-corrected chi connectivity index (χ4v) is 5.33. The van der Waals surface area contributed by atoms with Crippen LogP contribution in [0.25, 0.3) is 0 Å². The number of hydrogen-bond donors (Lipinski definition) is 1. The molecule has 1 N–H and O–H groups in total. The maximum atomic E-state index is 10.2. The number of rotatable bonds is 2. The van der Waals surface area contributed by atoms with Crippen molar-refractivity contribution in [2.24, 2.45) is 0 Å². The van der Waals surface area contributed by atoms with Crippen molar-refractivity contribution < 1.29 is 14.6 Å². The molecule has 158 valence electrons. The Morgan fingerprint density at radius 3 is 2.60 bits per heavy atom. The summed E-state index contributed by atoms with van der Waals surface area (Å²) < 4.78 is 12.0. The van der Waals surface area contributed by atoms with E-state index in [1.54, 1.807) is 7.11 Å². The largest absolute Gasteiger partial charge is 0.493 e. The summed E-state index contributed by atoms with van der Waals surface area (Å²) in [6.07, 6.45) is 5.22. The van der Waals surface area contributed by atoms with Gasteiger partial charge in [-0.3, -0.25) is 0 Å². The van der Waals surface area contributed by atoms with Crippen molar-refractivity contribution >= 4 is 5.69 Å². The van der Waals surface area contributed by atoms with E-state index in [9.17, 15) is 5.11 Å². The summed E-state index contributed by atoms with van der Waals surface area (Å²) in [6, 6.07) is 13.2. The molecule has 0 aromatic heterocycles. The minimum Gasteiger partial charge on any atom is -0.493 e. The van der Waals surface area contributed by atoms with Crippen molar-refractivity contribution in [3.8, 4) is 11.5 Å². The van der Waals surface area contributed by atoms with Gasteiger partial charge in [0, 0.05) is 30.8 Å². The third-order valence-corrected chi connectivity index (χ3v) is 7.05. The lowest BCUT2D eigenvalue weighted by Gasteiger charge is -2.36. The Hall–Kier alpha value is -2.46. The third-order valence-electron chi connectivity index (χ3n) is 7.05.